The summed E-state index contributed by atoms with van der Waals surface area (Å²) in [6.45, 7) is 2.16. The summed E-state index contributed by atoms with van der Waals surface area (Å²) in [5.74, 6) is -1.26. The number of nitrogens with zero attached hydrogens (tertiary/aromatic N) is 2. The summed E-state index contributed by atoms with van der Waals surface area (Å²) >= 11 is 0. The lowest BCUT2D eigenvalue weighted by Gasteiger charge is -2.35. The Labute approximate surface area is 121 Å². The van der Waals surface area contributed by atoms with Gasteiger partial charge in [-0.3, -0.25) is 0 Å². The highest BCUT2D eigenvalue weighted by atomic mass is 19.4. The van der Waals surface area contributed by atoms with Gasteiger partial charge >= 0.3 is 6.18 Å². The van der Waals surface area contributed by atoms with Crippen LogP contribution in [-0.4, -0.2) is 24.4 Å². The molecule has 0 radical (unpaired) electrons. The van der Waals surface area contributed by atoms with Crippen LogP contribution in [0.25, 0.3) is 0 Å². The Kier molecular flexibility index (Phi) is 4.43. The lowest BCUT2D eigenvalue weighted by molar-refractivity contribution is -0.179. The van der Waals surface area contributed by atoms with Gasteiger partial charge in [0.05, 0.1) is 23.7 Å². The van der Waals surface area contributed by atoms with Crippen LogP contribution in [0.4, 0.5) is 18.9 Å². The first-order valence-electron chi connectivity index (χ1n) is 6.86. The van der Waals surface area contributed by atoms with E-state index in [2.05, 4.69) is 0 Å². The maximum atomic E-state index is 12.7. The number of alkyl halides is 3. The second-order valence-electron chi connectivity index (χ2n) is 5.36. The van der Waals surface area contributed by atoms with Crippen molar-refractivity contribution in [2.75, 3.05) is 18.0 Å². The minimum atomic E-state index is -4.15. The molecule has 1 atom stereocenters. The van der Waals surface area contributed by atoms with Crippen molar-refractivity contribution in [1.82, 2.24) is 0 Å². The number of halogens is 3. The van der Waals surface area contributed by atoms with E-state index in [1.807, 2.05) is 11.0 Å². The molecule has 0 bridgehead atoms. The van der Waals surface area contributed by atoms with Crippen molar-refractivity contribution in [2.45, 2.75) is 32.0 Å². The van der Waals surface area contributed by atoms with Crippen LogP contribution in [0.2, 0.25) is 0 Å². The first-order chi connectivity index (χ1) is 9.82. The van der Waals surface area contributed by atoms with E-state index in [1.165, 1.54) is 0 Å². The smallest absolute Gasteiger partial charge is 0.389 e. The third-order valence-corrected chi connectivity index (χ3v) is 3.91. The fourth-order valence-corrected chi connectivity index (χ4v) is 2.69. The molecule has 1 unspecified atom stereocenters. The number of anilines is 1. The minimum Gasteiger partial charge on any atom is -0.389 e. The molecule has 1 N–H and O–H groups in total. The summed E-state index contributed by atoms with van der Waals surface area (Å²) in [5, 5.41) is 18.7. The van der Waals surface area contributed by atoms with Crippen molar-refractivity contribution in [2.24, 2.45) is 5.92 Å². The highest BCUT2D eigenvalue weighted by molar-refractivity contribution is 5.58. The van der Waals surface area contributed by atoms with Gasteiger partial charge in [0.2, 0.25) is 0 Å². The summed E-state index contributed by atoms with van der Waals surface area (Å²) in [7, 11) is 0. The lowest BCUT2D eigenvalue weighted by Crippen LogP contribution is -2.39. The first-order valence-corrected chi connectivity index (χ1v) is 6.86. The molecule has 0 aliphatic carbocycles. The molecule has 1 aliphatic rings. The van der Waals surface area contributed by atoms with E-state index < -0.39 is 18.2 Å². The second-order valence-corrected chi connectivity index (χ2v) is 5.36. The Bertz CT molecular complexity index is 541. The topological polar surface area (TPSA) is 47.3 Å². The largest absolute Gasteiger partial charge is 0.391 e. The van der Waals surface area contributed by atoms with Gasteiger partial charge in [-0.2, -0.15) is 18.4 Å². The molecule has 1 aliphatic heterocycles. The van der Waals surface area contributed by atoms with Gasteiger partial charge in [0.1, 0.15) is 0 Å². The predicted octanol–water partition coefficient (Wildman–Crippen LogP) is 3.39. The SMILES string of the molecule is CC(O)c1ccc(C#N)cc1N1CCC(C(F)(F)F)CC1. The van der Waals surface area contributed by atoms with Gasteiger partial charge in [-0.25, -0.2) is 0 Å². The highest BCUT2D eigenvalue weighted by Gasteiger charge is 2.41. The zero-order chi connectivity index (χ0) is 15.6. The zero-order valence-electron chi connectivity index (χ0n) is 11.7. The van der Waals surface area contributed by atoms with E-state index in [9.17, 15) is 18.3 Å². The summed E-state index contributed by atoms with van der Waals surface area (Å²) in [5.41, 5.74) is 1.73. The molecule has 114 valence electrons. The predicted molar refractivity (Wildman–Crippen MR) is 72.8 cm³/mol. The van der Waals surface area contributed by atoms with Crippen molar-refractivity contribution in [3.63, 3.8) is 0 Å². The fraction of sp³-hybridized carbons (Fsp3) is 0.533. The number of hydrogen-bond acceptors (Lipinski definition) is 3. The van der Waals surface area contributed by atoms with Gasteiger partial charge in [0, 0.05) is 24.3 Å². The van der Waals surface area contributed by atoms with E-state index in [-0.39, 0.29) is 25.9 Å². The van der Waals surface area contributed by atoms with Crippen LogP contribution in [0.15, 0.2) is 18.2 Å². The molecule has 3 nitrogen and oxygen atoms in total. The normalized spacial score (nSPS) is 18.4. The van der Waals surface area contributed by atoms with Crippen LogP contribution in [0, 0.1) is 17.2 Å². The second kappa shape index (κ2) is 5.94. The number of piperidine rings is 1. The standard InChI is InChI=1S/C15H17F3N2O/c1-10(21)13-3-2-11(9-19)8-14(13)20-6-4-12(5-7-20)15(16,17)18/h2-3,8,10,12,21H,4-7H2,1H3. The van der Waals surface area contributed by atoms with Gasteiger partial charge < -0.3 is 10.0 Å². The van der Waals surface area contributed by atoms with Crippen LogP contribution >= 0.6 is 0 Å². The fourth-order valence-electron chi connectivity index (χ4n) is 2.69. The number of nitriles is 1. The van der Waals surface area contributed by atoms with Crippen molar-refractivity contribution in [1.29, 1.82) is 5.26 Å². The number of benzene rings is 1. The molecule has 6 heteroatoms. The van der Waals surface area contributed by atoms with Crippen molar-refractivity contribution in [3.8, 4) is 6.07 Å². The summed E-state index contributed by atoms with van der Waals surface area (Å²) in [4.78, 5) is 1.82. The van der Waals surface area contributed by atoms with Crippen LogP contribution in [0.3, 0.4) is 0 Å². The number of aliphatic hydroxyl groups is 1. The molecule has 0 aromatic heterocycles. The first kappa shape index (κ1) is 15.6. The molecule has 1 fully saturated rings. The van der Waals surface area contributed by atoms with Gasteiger partial charge in [0.25, 0.3) is 0 Å². The van der Waals surface area contributed by atoms with E-state index in [0.29, 0.717) is 16.8 Å². The van der Waals surface area contributed by atoms with E-state index in [1.54, 1.807) is 25.1 Å². The van der Waals surface area contributed by atoms with Crippen molar-refractivity contribution in [3.05, 3.63) is 29.3 Å². The van der Waals surface area contributed by atoms with E-state index >= 15 is 0 Å². The van der Waals surface area contributed by atoms with E-state index in [0.717, 1.165) is 0 Å². The molecule has 1 heterocycles. The molecule has 0 saturated carbocycles. The highest BCUT2D eigenvalue weighted by Crippen LogP contribution is 2.37. The molecular weight excluding hydrogens is 281 g/mol. The van der Waals surface area contributed by atoms with Gasteiger partial charge in [0.15, 0.2) is 0 Å². The quantitative estimate of drug-likeness (QED) is 0.910. The van der Waals surface area contributed by atoms with Crippen molar-refractivity contribution >= 4 is 5.69 Å². The van der Waals surface area contributed by atoms with Crippen LogP contribution in [0.5, 0.6) is 0 Å². The monoisotopic (exact) mass is 298 g/mol. The van der Waals surface area contributed by atoms with E-state index in [4.69, 9.17) is 5.26 Å². The molecule has 0 amide bonds. The summed E-state index contributed by atoms with van der Waals surface area (Å²) in [6, 6.07) is 6.92. The van der Waals surface area contributed by atoms with Crippen molar-refractivity contribution < 1.29 is 18.3 Å². The molecule has 0 spiro atoms. The molecule has 21 heavy (non-hydrogen) atoms. The Morgan fingerprint density at radius 1 is 1.33 bits per heavy atom. The molecule has 1 aromatic rings. The van der Waals surface area contributed by atoms with Crippen LogP contribution in [0.1, 0.15) is 37.0 Å². The van der Waals surface area contributed by atoms with Crippen LogP contribution in [-0.2, 0) is 0 Å². The maximum absolute atomic E-state index is 12.7. The van der Waals surface area contributed by atoms with Gasteiger partial charge in [-0.05, 0) is 31.9 Å². The Balaban J connectivity index is 2.21. The Morgan fingerprint density at radius 2 is 1.95 bits per heavy atom. The summed E-state index contributed by atoms with van der Waals surface area (Å²) in [6.07, 6.45) is -4.79. The average Bonchev–Trinajstić information content (AvgIpc) is 2.45. The number of aliphatic hydroxyl groups excluding tert-OH is 1. The number of hydrogen-bond donors (Lipinski definition) is 1. The minimum absolute atomic E-state index is 0.0412. The Hall–Kier alpha value is -1.74. The average molecular weight is 298 g/mol. The third-order valence-electron chi connectivity index (χ3n) is 3.91. The molecular formula is C15H17F3N2O. The summed E-state index contributed by atoms with van der Waals surface area (Å²) < 4.78 is 38.1. The lowest BCUT2D eigenvalue weighted by atomic mass is 9.94. The van der Waals surface area contributed by atoms with Crippen LogP contribution < -0.4 is 4.90 Å². The zero-order valence-corrected chi connectivity index (χ0v) is 11.7. The molecule has 1 aromatic carbocycles. The Morgan fingerprint density at radius 3 is 2.43 bits per heavy atom. The van der Waals surface area contributed by atoms with Gasteiger partial charge in [-0.1, -0.05) is 6.07 Å². The molecule has 1 saturated heterocycles. The molecule has 2 rings (SSSR count). The number of rotatable bonds is 2. The maximum Gasteiger partial charge on any atom is 0.391 e. The van der Waals surface area contributed by atoms with Gasteiger partial charge in [-0.15, -0.1) is 0 Å². The third kappa shape index (κ3) is 3.48.